The van der Waals surface area contributed by atoms with E-state index < -0.39 is 0 Å². The minimum absolute atomic E-state index is 0.487. The predicted octanol–water partition coefficient (Wildman–Crippen LogP) is 0.910. The van der Waals surface area contributed by atoms with E-state index in [2.05, 4.69) is 21.9 Å². The van der Waals surface area contributed by atoms with Crippen LogP contribution in [0.3, 0.4) is 0 Å². The Morgan fingerprint density at radius 3 is 3.09 bits per heavy atom. The predicted molar refractivity (Wildman–Crippen MR) is 45.4 cm³/mol. The lowest BCUT2D eigenvalue weighted by molar-refractivity contribution is 0.214. The van der Waals surface area contributed by atoms with E-state index in [1.54, 1.807) is 5.38 Å². The molecule has 0 aliphatic rings. The first-order valence-electron chi connectivity index (χ1n) is 2.88. The molecule has 5 heteroatoms. The van der Waals surface area contributed by atoms with Crippen LogP contribution in [0.15, 0.2) is 10.5 Å². The highest BCUT2D eigenvalue weighted by molar-refractivity contribution is 7.13. The van der Waals surface area contributed by atoms with Gasteiger partial charge in [0.2, 0.25) is 0 Å². The molecule has 11 heavy (non-hydrogen) atoms. The van der Waals surface area contributed by atoms with Crippen molar-refractivity contribution < 1.29 is 4.84 Å². The Morgan fingerprint density at radius 1 is 1.91 bits per heavy atom. The van der Waals surface area contributed by atoms with Gasteiger partial charge in [-0.25, -0.2) is 4.98 Å². The fourth-order valence-electron chi connectivity index (χ4n) is 0.577. The van der Waals surface area contributed by atoms with Crippen LogP contribution in [0.4, 0.5) is 5.13 Å². The lowest BCUT2D eigenvalue weighted by Crippen LogP contribution is -1.96. The third-order valence-electron chi connectivity index (χ3n) is 1.02. The average molecular weight is 170 g/mol. The van der Waals surface area contributed by atoms with Gasteiger partial charge in [0.1, 0.15) is 18.5 Å². The molecule has 4 nitrogen and oxygen atoms in total. The third-order valence-corrected chi connectivity index (χ3v) is 1.69. The van der Waals surface area contributed by atoms with Crippen LogP contribution in [-0.4, -0.2) is 17.8 Å². The highest BCUT2D eigenvalue weighted by Gasteiger charge is 2.01. The molecule has 0 saturated carbocycles. The zero-order chi connectivity index (χ0) is 8.27. The number of hydrogen-bond donors (Lipinski definition) is 1. The number of anilines is 1. The van der Waals surface area contributed by atoms with Gasteiger partial charge in [-0.3, -0.25) is 0 Å². The summed E-state index contributed by atoms with van der Waals surface area (Å²) >= 11 is 1.35. The molecule has 0 aromatic carbocycles. The molecule has 0 unspecified atom stereocenters. The normalized spacial score (nSPS) is 11.6. The van der Waals surface area contributed by atoms with Gasteiger partial charge in [0, 0.05) is 12.3 Å². The second kappa shape index (κ2) is 3.34. The summed E-state index contributed by atoms with van der Waals surface area (Å²) in [6.45, 7) is 3.62. The van der Waals surface area contributed by atoms with Crippen molar-refractivity contribution in [2.45, 2.75) is 0 Å². The van der Waals surface area contributed by atoms with Crippen molar-refractivity contribution in [3.63, 3.8) is 0 Å². The fourth-order valence-corrected chi connectivity index (χ4v) is 1.15. The van der Waals surface area contributed by atoms with Gasteiger partial charge in [-0.05, 0) is 0 Å². The van der Waals surface area contributed by atoms with Crippen LogP contribution in [0.1, 0.15) is 5.69 Å². The number of hydrogen-bond acceptors (Lipinski definition) is 5. The van der Waals surface area contributed by atoms with Crippen LogP contribution in [0.5, 0.6) is 0 Å². The van der Waals surface area contributed by atoms with Gasteiger partial charge in [0.05, 0.1) is 0 Å². The first kappa shape index (κ1) is 8.00. The SMILES string of the molecule is [CH2]C(=NOC)c1csc(N)n1. The Bertz CT molecular complexity index is 269. The second-order valence-electron chi connectivity index (χ2n) is 1.79. The number of nitrogens with zero attached hydrogens (tertiary/aromatic N) is 2. The summed E-state index contributed by atoms with van der Waals surface area (Å²) in [6.07, 6.45) is 0. The highest BCUT2D eigenvalue weighted by atomic mass is 32.1. The molecule has 1 radical (unpaired) electrons. The standard InChI is InChI=1S/C6H8N3OS/c1-4(9-10-2)5-3-11-6(7)8-5/h3H,1H2,2H3,(H2,7,8). The summed E-state index contributed by atoms with van der Waals surface area (Å²) in [4.78, 5) is 8.47. The Balaban J connectivity index is 2.84. The minimum atomic E-state index is 0.487. The van der Waals surface area contributed by atoms with Crippen molar-refractivity contribution in [2.75, 3.05) is 12.8 Å². The van der Waals surface area contributed by atoms with Crippen LogP contribution in [-0.2, 0) is 4.84 Å². The summed E-state index contributed by atoms with van der Waals surface area (Å²) in [6, 6.07) is 0. The third kappa shape index (κ3) is 1.91. The number of rotatable bonds is 2. The lowest BCUT2D eigenvalue weighted by atomic mass is 10.3. The van der Waals surface area contributed by atoms with E-state index in [-0.39, 0.29) is 0 Å². The molecule has 0 fully saturated rings. The highest BCUT2D eigenvalue weighted by Crippen LogP contribution is 2.11. The minimum Gasteiger partial charge on any atom is -0.399 e. The maximum atomic E-state index is 5.40. The molecule has 1 aromatic heterocycles. The molecular formula is C6H8N3OS. The number of thiazole rings is 1. The van der Waals surface area contributed by atoms with Crippen LogP contribution in [0, 0.1) is 6.92 Å². The molecule has 1 rings (SSSR count). The summed E-state index contributed by atoms with van der Waals surface area (Å²) < 4.78 is 0. The summed E-state index contributed by atoms with van der Waals surface area (Å²) in [5, 5.41) is 5.89. The van der Waals surface area contributed by atoms with Gasteiger partial charge < -0.3 is 10.6 Å². The van der Waals surface area contributed by atoms with Crippen LogP contribution in [0.25, 0.3) is 0 Å². The topological polar surface area (TPSA) is 60.5 Å². The summed E-state index contributed by atoms with van der Waals surface area (Å²) in [5.41, 5.74) is 6.54. The molecule has 0 amide bonds. The second-order valence-corrected chi connectivity index (χ2v) is 2.68. The van der Waals surface area contributed by atoms with E-state index in [9.17, 15) is 0 Å². The summed E-state index contributed by atoms with van der Waals surface area (Å²) in [5.74, 6) is 0. The zero-order valence-corrected chi connectivity index (χ0v) is 6.89. The maximum absolute atomic E-state index is 5.40. The molecule has 0 saturated heterocycles. The number of nitrogens with two attached hydrogens (primary N) is 1. The van der Waals surface area contributed by atoms with Crippen molar-refractivity contribution in [2.24, 2.45) is 5.16 Å². The van der Waals surface area contributed by atoms with Gasteiger partial charge in [0.25, 0.3) is 0 Å². The van der Waals surface area contributed by atoms with Gasteiger partial charge in [0.15, 0.2) is 5.13 Å². The molecule has 0 atom stereocenters. The van der Waals surface area contributed by atoms with E-state index in [1.165, 1.54) is 18.4 Å². The monoisotopic (exact) mass is 170 g/mol. The van der Waals surface area contributed by atoms with Gasteiger partial charge in [-0.15, -0.1) is 11.3 Å². The largest absolute Gasteiger partial charge is 0.399 e. The molecule has 1 heterocycles. The van der Waals surface area contributed by atoms with Crippen LogP contribution >= 0.6 is 11.3 Å². The quantitative estimate of drug-likeness (QED) is 0.530. The number of oxime groups is 1. The molecule has 0 spiro atoms. The summed E-state index contributed by atoms with van der Waals surface area (Å²) in [7, 11) is 1.46. The van der Waals surface area contributed by atoms with Gasteiger partial charge in [-0.2, -0.15) is 0 Å². The van der Waals surface area contributed by atoms with E-state index in [4.69, 9.17) is 5.73 Å². The Labute approximate surface area is 68.7 Å². The maximum Gasteiger partial charge on any atom is 0.180 e. The van der Waals surface area contributed by atoms with E-state index in [0.717, 1.165) is 0 Å². The Kier molecular flexibility index (Phi) is 2.43. The molecule has 0 aliphatic carbocycles. The zero-order valence-electron chi connectivity index (χ0n) is 6.07. The first-order valence-corrected chi connectivity index (χ1v) is 3.76. The van der Waals surface area contributed by atoms with Crippen LogP contribution in [0.2, 0.25) is 0 Å². The van der Waals surface area contributed by atoms with Crippen molar-refractivity contribution in [1.82, 2.24) is 4.98 Å². The smallest absolute Gasteiger partial charge is 0.180 e. The molecule has 2 N–H and O–H groups in total. The Morgan fingerprint density at radius 2 is 2.64 bits per heavy atom. The van der Waals surface area contributed by atoms with Crippen molar-refractivity contribution in [3.05, 3.63) is 18.0 Å². The number of aromatic nitrogens is 1. The number of nitrogen functional groups attached to an aromatic ring is 1. The molecular weight excluding hydrogens is 162 g/mol. The fraction of sp³-hybridized carbons (Fsp3) is 0.167. The van der Waals surface area contributed by atoms with E-state index in [0.29, 0.717) is 16.5 Å². The van der Waals surface area contributed by atoms with Crippen molar-refractivity contribution >= 4 is 22.2 Å². The Hall–Kier alpha value is -1.10. The van der Waals surface area contributed by atoms with Gasteiger partial charge >= 0.3 is 0 Å². The molecule has 1 aromatic rings. The van der Waals surface area contributed by atoms with Gasteiger partial charge in [-0.1, -0.05) is 5.16 Å². The lowest BCUT2D eigenvalue weighted by Gasteiger charge is -1.91. The van der Waals surface area contributed by atoms with E-state index >= 15 is 0 Å². The average Bonchev–Trinajstić information content (AvgIpc) is 2.36. The molecule has 59 valence electrons. The van der Waals surface area contributed by atoms with Crippen molar-refractivity contribution in [1.29, 1.82) is 0 Å². The van der Waals surface area contributed by atoms with Crippen molar-refractivity contribution in [3.8, 4) is 0 Å². The molecule has 0 aliphatic heterocycles. The van der Waals surface area contributed by atoms with E-state index in [1.807, 2.05) is 0 Å². The molecule has 0 bridgehead atoms. The first-order chi connectivity index (χ1) is 5.24. The van der Waals surface area contributed by atoms with Crippen LogP contribution < -0.4 is 5.73 Å².